The first kappa shape index (κ1) is 18.5. The maximum atomic E-state index is 12.7. The van der Waals surface area contributed by atoms with E-state index in [4.69, 9.17) is 14.2 Å². The molecular formula is C22H28O6. The van der Waals surface area contributed by atoms with E-state index in [0.29, 0.717) is 19.4 Å². The van der Waals surface area contributed by atoms with Crippen molar-refractivity contribution < 1.29 is 28.6 Å². The van der Waals surface area contributed by atoms with E-state index in [1.807, 2.05) is 6.92 Å². The molecule has 8 atom stereocenters. The Morgan fingerprint density at radius 1 is 1.21 bits per heavy atom. The molecule has 0 bridgehead atoms. The average Bonchev–Trinajstić information content (AvgIpc) is 3.35. The Bertz CT molecular complexity index is 816. The van der Waals surface area contributed by atoms with Gasteiger partial charge in [0.05, 0.1) is 18.8 Å². The summed E-state index contributed by atoms with van der Waals surface area (Å²) < 4.78 is 18.4. The lowest BCUT2D eigenvalue weighted by atomic mass is 9.53. The van der Waals surface area contributed by atoms with Crippen molar-refractivity contribution in [1.82, 2.24) is 0 Å². The molecule has 5 rings (SSSR count). The Balaban J connectivity index is 1.55. The standard InChI is InChI=1S/C22H28O6/c1-11(23)22(28-12(2)24)8-6-14-16-18-17(27-18)15-9-13(25)5-7-20(15,3)19(16)26-10-21(14,22)4/h9,14,16-19H,5-8,10H2,1-4H3/t14-,16+,17+,18-,19-,20-,21-,22-/m0/s1. The van der Waals surface area contributed by atoms with Crippen molar-refractivity contribution in [3.8, 4) is 0 Å². The van der Waals surface area contributed by atoms with Gasteiger partial charge in [0.25, 0.3) is 0 Å². The number of rotatable bonds is 2. The van der Waals surface area contributed by atoms with Gasteiger partial charge in [-0.2, -0.15) is 0 Å². The highest BCUT2D eigenvalue weighted by Crippen LogP contribution is 2.67. The number of epoxide rings is 1. The molecule has 6 heteroatoms. The maximum Gasteiger partial charge on any atom is 0.303 e. The second kappa shape index (κ2) is 5.54. The van der Waals surface area contributed by atoms with Gasteiger partial charge in [-0.25, -0.2) is 0 Å². The van der Waals surface area contributed by atoms with Crippen LogP contribution in [0.25, 0.3) is 0 Å². The zero-order chi connectivity index (χ0) is 20.1. The summed E-state index contributed by atoms with van der Waals surface area (Å²) in [7, 11) is 0. The fraction of sp³-hybridized carbons (Fsp3) is 0.773. The Labute approximate surface area is 165 Å². The van der Waals surface area contributed by atoms with Gasteiger partial charge in [0.2, 0.25) is 0 Å². The van der Waals surface area contributed by atoms with E-state index in [1.165, 1.54) is 13.8 Å². The number of ketones is 2. The summed E-state index contributed by atoms with van der Waals surface area (Å²) in [5, 5.41) is 0. The topological polar surface area (TPSA) is 82.2 Å². The van der Waals surface area contributed by atoms with Crippen LogP contribution in [0.4, 0.5) is 0 Å². The molecule has 0 aromatic rings. The molecule has 2 heterocycles. The van der Waals surface area contributed by atoms with Gasteiger partial charge in [-0.05, 0) is 43.8 Å². The van der Waals surface area contributed by atoms with Gasteiger partial charge in [0.1, 0.15) is 6.10 Å². The molecule has 2 saturated heterocycles. The number of carbonyl (C=O) groups excluding carboxylic acids is 3. The quantitative estimate of drug-likeness (QED) is 0.534. The average molecular weight is 388 g/mol. The fourth-order valence-electron chi connectivity index (χ4n) is 7.08. The number of esters is 1. The van der Waals surface area contributed by atoms with Gasteiger partial charge >= 0.3 is 5.97 Å². The van der Waals surface area contributed by atoms with Crippen LogP contribution in [-0.2, 0) is 28.6 Å². The van der Waals surface area contributed by atoms with Crippen molar-refractivity contribution in [1.29, 1.82) is 0 Å². The minimum Gasteiger partial charge on any atom is -0.451 e. The van der Waals surface area contributed by atoms with Gasteiger partial charge in [-0.1, -0.05) is 13.8 Å². The first-order chi connectivity index (χ1) is 13.1. The number of hydrogen-bond donors (Lipinski definition) is 0. The molecule has 0 unspecified atom stereocenters. The van der Waals surface area contributed by atoms with Crippen molar-refractivity contribution in [2.45, 2.75) is 77.3 Å². The summed E-state index contributed by atoms with van der Waals surface area (Å²) in [6.45, 7) is 7.50. The minimum absolute atomic E-state index is 0.0116. The number of ether oxygens (including phenoxy) is 3. The van der Waals surface area contributed by atoms with Crippen LogP contribution in [-0.4, -0.2) is 48.1 Å². The Morgan fingerprint density at radius 2 is 1.96 bits per heavy atom. The predicted molar refractivity (Wildman–Crippen MR) is 98.3 cm³/mol. The Hall–Kier alpha value is -1.53. The van der Waals surface area contributed by atoms with Gasteiger partial charge in [-0.15, -0.1) is 0 Å². The molecular weight excluding hydrogens is 360 g/mol. The maximum absolute atomic E-state index is 12.7. The van der Waals surface area contributed by atoms with Crippen molar-refractivity contribution >= 4 is 17.5 Å². The third-order valence-corrected chi connectivity index (χ3v) is 8.52. The SMILES string of the molecule is CC(=O)O[C@]1(C(C)=O)CC[C@H]2[C@@H]3[C@@H]4O[C@@H]4C4=CC(=O)CC[C@]4(C)[C@H]3OC[C@@]21C. The van der Waals surface area contributed by atoms with Gasteiger partial charge < -0.3 is 14.2 Å². The van der Waals surface area contributed by atoms with E-state index in [2.05, 4.69) is 6.92 Å². The molecule has 0 N–H and O–H groups in total. The molecule has 4 fully saturated rings. The molecule has 0 aromatic heterocycles. The summed E-state index contributed by atoms with van der Waals surface area (Å²) >= 11 is 0. The van der Waals surface area contributed by atoms with E-state index in [9.17, 15) is 14.4 Å². The molecule has 0 radical (unpaired) electrons. The molecule has 2 saturated carbocycles. The lowest BCUT2D eigenvalue weighted by Crippen LogP contribution is -2.64. The zero-order valence-electron chi connectivity index (χ0n) is 16.9. The molecule has 28 heavy (non-hydrogen) atoms. The third-order valence-electron chi connectivity index (χ3n) is 8.52. The van der Waals surface area contributed by atoms with E-state index in [-0.39, 0.29) is 47.1 Å². The fourth-order valence-corrected chi connectivity index (χ4v) is 7.08. The smallest absolute Gasteiger partial charge is 0.303 e. The molecule has 2 aliphatic heterocycles. The van der Waals surface area contributed by atoms with Crippen LogP contribution < -0.4 is 0 Å². The molecule has 3 aliphatic carbocycles. The van der Waals surface area contributed by atoms with Crippen LogP contribution >= 0.6 is 0 Å². The first-order valence-electron chi connectivity index (χ1n) is 10.4. The minimum atomic E-state index is -1.13. The van der Waals surface area contributed by atoms with Crippen molar-refractivity contribution in [3.63, 3.8) is 0 Å². The molecule has 0 aromatic carbocycles. The highest BCUT2D eigenvalue weighted by Gasteiger charge is 2.74. The van der Waals surface area contributed by atoms with Crippen LogP contribution in [0.15, 0.2) is 11.6 Å². The van der Waals surface area contributed by atoms with Crippen LogP contribution in [0.3, 0.4) is 0 Å². The van der Waals surface area contributed by atoms with Gasteiger partial charge in [0, 0.05) is 30.1 Å². The van der Waals surface area contributed by atoms with E-state index in [0.717, 1.165) is 18.4 Å². The summed E-state index contributed by atoms with van der Waals surface area (Å²) in [4.78, 5) is 36.6. The Morgan fingerprint density at radius 3 is 2.64 bits per heavy atom. The number of hydrogen-bond acceptors (Lipinski definition) is 6. The summed E-state index contributed by atoms with van der Waals surface area (Å²) in [5.41, 5.74) is -0.808. The number of fused-ring (bicyclic) bond motifs is 8. The monoisotopic (exact) mass is 388 g/mol. The first-order valence-corrected chi connectivity index (χ1v) is 10.4. The van der Waals surface area contributed by atoms with Crippen molar-refractivity contribution in [2.75, 3.05) is 6.61 Å². The summed E-state index contributed by atoms with van der Waals surface area (Å²) in [5.74, 6) is -0.0243. The highest BCUT2D eigenvalue weighted by molar-refractivity contribution is 5.92. The summed E-state index contributed by atoms with van der Waals surface area (Å²) in [6, 6.07) is 0. The van der Waals surface area contributed by atoms with Crippen LogP contribution in [0, 0.1) is 22.7 Å². The van der Waals surface area contributed by atoms with Gasteiger partial charge in [-0.3, -0.25) is 14.4 Å². The van der Waals surface area contributed by atoms with Crippen LogP contribution in [0.1, 0.15) is 53.4 Å². The second-order valence-electron chi connectivity index (χ2n) is 9.85. The van der Waals surface area contributed by atoms with E-state index in [1.54, 1.807) is 6.08 Å². The molecule has 152 valence electrons. The zero-order valence-corrected chi connectivity index (χ0v) is 16.9. The normalized spacial score (nSPS) is 51.2. The molecule has 0 amide bonds. The number of allylic oxidation sites excluding steroid dienone is 1. The largest absolute Gasteiger partial charge is 0.451 e. The van der Waals surface area contributed by atoms with Crippen LogP contribution in [0.5, 0.6) is 0 Å². The highest BCUT2D eigenvalue weighted by atomic mass is 16.6. The Kier molecular flexibility index (Phi) is 3.66. The number of carbonyl (C=O) groups is 3. The number of Topliss-reactive ketones (excluding diaryl/α,β-unsaturated/α-hetero) is 1. The van der Waals surface area contributed by atoms with Crippen LogP contribution in [0.2, 0.25) is 0 Å². The lowest BCUT2D eigenvalue weighted by Gasteiger charge is -2.57. The van der Waals surface area contributed by atoms with Gasteiger partial charge in [0.15, 0.2) is 17.2 Å². The predicted octanol–water partition coefficient (Wildman–Crippen LogP) is 2.39. The second-order valence-corrected chi connectivity index (χ2v) is 9.85. The van der Waals surface area contributed by atoms with E-state index < -0.39 is 17.0 Å². The molecule has 6 nitrogen and oxygen atoms in total. The van der Waals surface area contributed by atoms with Crippen molar-refractivity contribution in [3.05, 3.63) is 11.6 Å². The summed E-state index contributed by atoms with van der Waals surface area (Å²) in [6.07, 6.45) is 4.43. The third kappa shape index (κ3) is 2.08. The molecule has 0 spiro atoms. The van der Waals surface area contributed by atoms with E-state index >= 15 is 0 Å². The van der Waals surface area contributed by atoms with Crippen molar-refractivity contribution in [2.24, 2.45) is 22.7 Å². The molecule has 5 aliphatic rings. The lowest BCUT2D eigenvalue weighted by molar-refractivity contribution is -0.221.